The summed E-state index contributed by atoms with van der Waals surface area (Å²) >= 11 is 5.83. The molecule has 0 radical (unpaired) electrons. The molecule has 8 nitrogen and oxygen atoms in total. The molecule has 0 saturated carbocycles. The molecule has 9 heteroatoms. The van der Waals surface area contributed by atoms with Crippen molar-refractivity contribution in [2.75, 3.05) is 19.8 Å². The minimum Gasteiger partial charge on any atom is -0.486 e. The van der Waals surface area contributed by atoms with Gasteiger partial charge in [0.15, 0.2) is 5.82 Å². The van der Waals surface area contributed by atoms with E-state index in [-0.39, 0.29) is 19.1 Å². The Bertz CT molecular complexity index is 663. The average Bonchev–Trinajstić information content (AvgIpc) is 3.07. The number of amides is 1. The molecule has 0 atom stereocenters. The standard InChI is InChI=1S/C17H24ClN5O3/c1-2-3-10-25-11-4-9-19-17(24)12-23-16(20-21-22-23)13-26-15-7-5-14(18)6-8-15/h5-8H,2-4,9-13H2,1H3,(H,19,24). The summed E-state index contributed by atoms with van der Waals surface area (Å²) in [5.41, 5.74) is 0. The summed E-state index contributed by atoms with van der Waals surface area (Å²) in [7, 11) is 0. The molecule has 0 fully saturated rings. The van der Waals surface area contributed by atoms with Gasteiger partial charge in [0, 0.05) is 24.8 Å². The summed E-state index contributed by atoms with van der Waals surface area (Å²) in [5.74, 6) is 0.966. The monoisotopic (exact) mass is 381 g/mol. The molecule has 26 heavy (non-hydrogen) atoms. The lowest BCUT2D eigenvalue weighted by Gasteiger charge is -2.08. The van der Waals surface area contributed by atoms with E-state index in [0.29, 0.717) is 29.7 Å². The van der Waals surface area contributed by atoms with Crippen LogP contribution in [0.2, 0.25) is 5.02 Å². The third-order valence-corrected chi connectivity index (χ3v) is 3.76. The number of hydrogen-bond acceptors (Lipinski definition) is 6. The van der Waals surface area contributed by atoms with Crippen LogP contribution in [0.15, 0.2) is 24.3 Å². The first-order valence-corrected chi connectivity index (χ1v) is 9.04. The summed E-state index contributed by atoms with van der Waals surface area (Å²) in [4.78, 5) is 12.0. The first kappa shape index (κ1) is 20.1. The Labute approximate surface area is 157 Å². The number of aromatic nitrogens is 4. The van der Waals surface area contributed by atoms with Gasteiger partial charge in [0.25, 0.3) is 0 Å². The fourth-order valence-electron chi connectivity index (χ4n) is 2.07. The fourth-order valence-corrected chi connectivity index (χ4v) is 2.20. The normalized spacial score (nSPS) is 10.7. The number of tetrazole rings is 1. The fraction of sp³-hybridized carbons (Fsp3) is 0.529. The number of nitrogens with one attached hydrogen (secondary N) is 1. The van der Waals surface area contributed by atoms with Crippen molar-refractivity contribution in [3.63, 3.8) is 0 Å². The Balaban J connectivity index is 1.68. The number of carbonyl (C=O) groups is 1. The van der Waals surface area contributed by atoms with E-state index in [1.165, 1.54) is 4.68 Å². The first-order valence-electron chi connectivity index (χ1n) is 8.67. The van der Waals surface area contributed by atoms with Crippen molar-refractivity contribution in [1.29, 1.82) is 0 Å². The number of unbranched alkanes of at least 4 members (excludes halogenated alkanes) is 1. The number of halogens is 1. The molecular weight excluding hydrogens is 358 g/mol. The van der Waals surface area contributed by atoms with Crippen molar-refractivity contribution in [2.45, 2.75) is 39.3 Å². The van der Waals surface area contributed by atoms with Crippen molar-refractivity contribution in [3.8, 4) is 5.75 Å². The zero-order valence-corrected chi connectivity index (χ0v) is 15.6. The highest BCUT2D eigenvalue weighted by Crippen LogP contribution is 2.16. The van der Waals surface area contributed by atoms with Gasteiger partial charge in [-0.1, -0.05) is 24.9 Å². The van der Waals surface area contributed by atoms with Crippen molar-refractivity contribution in [3.05, 3.63) is 35.1 Å². The number of nitrogens with zero attached hydrogens (tertiary/aromatic N) is 4. The van der Waals surface area contributed by atoms with Gasteiger partial charge in [-0.25, -0.2) is 4.68 Å². The van der Waals surface area contributed by atoms with Gasteiger partial charge in [0.1, 0.15) is 18.9 Å². The molecule has 1 aromatic heterocycles. The maximum Gasteiger partial charge on any atom is 0.241 e. The molecule has 0 aliphatic carbocycles. The number of rotatable bonds is 12. The quantitative estimate of drug-likeness (QED) is 0.567. The van der Waals surface area contributed by atoms with Crippen LogP contribution < -0.4 is 10.1 Å². The molecule has 1 amide bonds. The number of hydrogen-bond donors (Lipinski definition) is 1. The summed E-state index contributed by atoms with van der Waals surface area (Å²) in [6.45, 7) is 4.30. The molecule has 0 aliphatic rings. The van der Waals surface area contributed by atoms with E-state index in [0.717, 1.165) is 25.9 Å². The van der Waals surface area contributed by atoms with Gasteiger partial charge in [-0.05, 0) is 47.5 Å². The summed E-state index contributed by atoms with van der Waals surface area (Å²) in [6, 6.07) is 6.98. The zero-order chi connectivity index (χ0) is 18.6. The Kier molecular flexibility index (Phi) is 8.85. The zero-order valence-electron chi connectivity index (χ0n) is 14.9. The molecule has 0 saturated heterocycles. The van der Waals surface area contributed by atoms with Crippen LogP contribution in [0.25, 0.3) is 0 Å². The second-order valence-electron chi connectivity index (χ2n) is 5.66. The predicted octanol–water partition coefficient (Wildman–Crippen LogP) is 2.23. The van der Waals surface area contributed by atoms with Crippen molar-refractivity contribution < 1.29 is 14.3 Å². The number of ether oxygens (including phenoxy) is 2. The van der Waals surface area contributed by atoms with Crippen LogP contribution in [-0.2, 0) is 22.7 Å². The Morgan fingerprint density at radius 2 is 2.00 bits per heavy atom. The number of carbonyl (C=O) groups excluding carboxylic acids is 1. The smallest absolute Gasteiger partial charge is 0.241 e. The molecule has 1 N–H and O–H groups in total. The molecule has 2 rings (SSSR count). The molecular formula is C17H24ClN5O3. The van der Waals surface area contributed by atoms with E-state index >= 15 is 0 Å². The highest BCUT2D eigenvalue weighted by molar-refractivity contribution is 6.30. The van der Waals surface area contributed by atoms with Gasteiger partial charge in [0.2, 0.25) is 5.91 Å². The minimum atomic E-state index is -0.154. The predicted molar refractivity (Wildman–Crippen MR) is 97.0 cm³/mol. The number of benzene rings is 1. The largest absolute Gasteiger partial charge is 0.486 e. The van der Waals surface area contributed by atoms with Gasteiger partial charge < -0.3 is 14.8 Å². The van der Waals surface area contributed by atoms with Crippen LogP contribution >= 0.6 is 11.6 Å². The summed E-state index contributed by atoms with van der Waals surface area (Å²) in [6.07, 6.45) is 2.96. The van der Waals surface area contributed by atoms with E-state index in [2.05, 4.69) is 27.8 Å². The highest BCUT2D eigenvalue weighted by Gasteiger charge is 2.11. The molecule has 2 aromatic rings. The minimum absolute atomic E-state index is 0.0446. The third-order valence-electron chi connectivity index (χ3n) is 3.51. The Morgan fingerprint density at radius 1 is 1.23 bits per heavy atom. The van der Waals surface area contributed by atoms with Crippen LogP contribution in [0.1, 0.15) is 32.0 Å². The second kappa shape index (κ2) is 11.4. The van der Waals surface area contributed by atoms with E-state index < -0.39 is 0 Å². The molecule has 0 spiro atoms. The molecule has 0 aliphatic heterocycles. The molecule has 1 heterocycles. The van der Waals surface area contributed by atoms with E-state index in [1.807, 2.05) is 0 Å². The van der Waals surface area contributed by atoms with Crippen LogP contribution in [-0.4, -0.2) is 45.9 Å². The van der Waals surface area contributed by atoms with Crippen molar-refractivity contribution in [2.24, 2.45) is 0 Å². The first-order chi connectivity index (χ1) is 12.7. The van der Waals surface area contributed by atoms with Gasteiger partial charge in [-0.2, -0.15) is 0 Å². The molecule has 1 aromatic carbocycles. The third kappa shape index (κ3) is 7.37. The van der Waals surface area contributed by atoms with Crippen molar-refractivity contribution >= 4 is 17.5 Å². The Hall–Kier alpha value is -2.19. The van der Waals surface area contributed by atoms with Gasteiger partial charge in [-0.3, -0.25) is 4.79 Å². The lowest BCUT2D eigenvalue weighted by atomic mass is 10.3. The van der Waals surface area contributed by atoms with Crippen molar-refractivity contribution in [1.82, 2.24) is 25.5 Å². The second-order valence-corrected chi connectivity index (χ2v) is 6.10. The average molecular weight is 382 g/mol. The van der Waals surface area contributed by atoms with Crippen LogP contribution in [0.3, 0.4) is 0 Å². The maximum atomic E-state index is 12.0. The summed E-state index contributed by atoms with van der Waals surface area (Å²) in [5, 5.41) is 14.8. The lowest BCUT2D eigenvalue weighted by molar-refractivity contribution is -0.121. The molecule has 142 valence electrons. The van der Waals surface area contributed by atoms with Crippen LogP contribution in [0.4, 0.5) is 0 Å². The van der Waals surface area contributed by atoms with Crippen LogP contribution in [0, 0.1) is 0 Å². The molecule has 0 bridgehead atoms. The van der Waals surface area contributed by atoms with E-state index in [4.69, 9.17) is 21.1 Å². The lowest BCUT2D eigenvalue weighted by Crippen LogP contribution is -2.30. The Morgan fingerprint density at radius 3 is 2.77 bits per heavy atom. The SMILES string of the molecule is CCCCOCCCNC(=O)Cn1nnnc1COc1ccc(Cl)cc1. The molecule has 0 unspecified atom stereocenters. The maximum absolute atomic E-state index is 12.0. The van der Waals surface area contributed by atoms with Gasteiger partial charge in [-0.15, -0.1) is 5.10 Å². The van der Waals surface area contributed by atoms with Crippen LogP contribution in [0.5, 0.6) is 5.75 Å². The highest BCUT2D eigenvalue weighted by atomic mass is 35.5. The topological polar surface area (TPSA) is 91.2 Å². The summed E-state index contributed by atoms with van der Waals surface area (Å²) < 4.78 is 12.5. The van der Waals surface area contributed by atoms with E-state index in [1.54, 1.807) is 24.3 Å². The van der Waals surface area contributed by atoms with Gasteiger partial charge >= 0.3 is 0 Å². The van der Waals surface area contributed by atoms with E-state index in [9.17, 15) is 4.79 Å². The van der Waals surface area contributed by atoms with Gasteiger partial charge in [0.05, 0.1) is 0 Å².